The van der Waals surface area contributed by atoms with Crippen LogP contribution in [0.15, 0.2) is 24.3 Å². The standard InChI is InChI=1S/C20H30N2O3.2C2H6/c1-3-20(4-2)15-18(25-19(20)24)8-9-21-10-12-22(13-11-21)16-6-5-7-17(23)14-16;2*1-2/h5-7,14,18,23H,3-4,8-13,15H2,1-2H3;2*1-2H3. The molecule has 2 saturated heterocycles. The number of esters is 1. The minimum absolute atomic E-state index is 0.0104. The number of rotatable bonds is 6. The topological polar surface area (TPSA) is 53.0 Å². The molecule has 0 amide bonds. The van der Waals surface area contributed by atoms with Gasteiger partial charge in [0.15, 0.2) is 0 Å². The number of benzene rings is 1. The number of cyclic esters (lactones) is 1. The van der Waals surface area contributed by atoms with Crippen LogP contribution in [0.25, 0.3) is 0 Å². The molecule has 166 valence electrons. The zero-order chi connectivity index (χ0) is 21.9. The Hall–Kier alpha value is -1.75. The molecule has 2 aliphatic rings. The third-order valence-corrected chi connectivity index (χ3v) is 6.01. The summed E-state index contributed by atoms with van der Waals surface area (Å²) >= 11 is 0. The van der Waals surface area contributed by atoms with E-state index in [0.717, 1.165) is 64.1 Å². The van der Waals surface area contributed by atoms with Crippen LogP contribution in [0.1, 0.15) is 67.2 Å². The van der Waals surface area contributed by atoms with Crippen molar-refractivity contribution in [3.05, 3.63) is 24.3 Å². The minimum atomic E-state index is -0.237. The lowest BCUT2D eigenvalue weighted by molar-refractivity contribution is -0.149. The van der Waals surface area contributed by atoms with Crippen molar-refractivity contribution in [2.45, 2.75) is 73.3 Å². The summed E-state index contributed by atoms with van der Waals surface area (Å²) in [5.74, 6) is 0.328. The highest BCUT2D eigenvalue weighted by atomic mass is 16.6. The number of phenolic OH excluding ortho intramolecular Hbond substituents is 1. The summed E-state index contributed by atoms with van der Waals surface area (Å²) in [6.07, 6.45) is 3.64. The van der Waals surface area contributed by atoms with E-state index in [4.69, 9.17) is 4.74 Å². The van der Waals surface area contributed by atoms with Gasteiger partial charge in [0.1, 0.15) is 11.9 Å². The maximum atomic E-state index is 12.2. The lowest BCUT2D eigenvalue weighted by atomic mass is 9.79. The van der Waals surface area contributed by atoms with E-state index < -0.39 is 0 Å². The van der Waals surface area contributed by atoms with Crippen molar-refractivity contribution < 1.29 is 14.6 Å². The molecule has 0 saturated carbocycles. The molecule has 2 aliphatic heterocycles. The fourth-order valence-corrected chi connectivity index (χ4v) is 4.07. The number of aromatic hydroxyl groups is 1. The van der Waals surface area contributed by atoms with Crippen molar-refractivity contribution in [3.8, 4) is 5.75 Å². The molecule has 29 heavy (non-hydrogen) atoms. The summed E-state index contributed by atoms with van der Waals surface area (Å²) in [4.78, 5) is 16.9. The number of phenols is 1. The zero-order valence-corrected chi connectivity index (χ0v) is 19.4. The van der Waals surface area contributed by atoms with Crippen molar-refractivity contribution in [2.24, 2.45) is 5.41 Å². The average molecular weight is 407 g/mol. The summed E-state index contributed by atoms with van der Waals surface area (Å²) < 4.78 is 5.65. The first-order valence-electron chi connectivity index (χ1n) is 11.5. The molecule has 0 aromatic heterocycles. The first kappa shape index (κ1) is 25.3. The zero-order valence-electron chi connectivity index (χ0n) is 19.4. The van der Waals surface area contributed by atoms with Gasteiger partial charge in [-0.05, 0) is 31.4 Å². The molecule has 1 unspecified atom stereocenters. The quantitative estimate of drug-likeness (QED) is 0.668. The highest BCUT2D eigenvalue weighted by Gasteiger charge is 2.46. The van der Waals surface area contributed by atoms with Gasteiger partial charge in [-0.3, -0.25) is 9.69 Å². The Morgan fingerprint density at radius 3 is 2.21 bits per heavy atom. The summed E-state index contributed by atoms with van der Waals surface area (Å²) in [6.45, 7) is 17.1. The molecule has 0 radical (unpaired) electrons. The van der Waals surface area contributed by atoms with E-state index in [-0.39, 0.29) is 17.5 Å². The SMILES string of the molecule is CC.CC.CCC1(CC)CC(CCN2CCN(c3cccc(O)c3)CC2)OC1=O. The number of hydrogen-bond acceptors (Lipinski definition) is 5. The van der Waals surface area contributed by atoms with Crippen LogP contribution in [0.3, 0.4) is 0 Å². The average Bonchev–Trinajstić information content (AvgIpc) is 3.11. The van der Waals surface area contributed by atoms with E-state index in [1.54, 1.807) is 6.07 Å². The third-order valence-electron chi connectivity index (χ3n) is 6.01. The van der Waals surface area contributed by atoms with Crippen LogP contribution < -0.4 is 4.90 Å². The van der Waals surface area contributed by atoms with E-state index in [1.165, 1.54) is 0 Å². The monoisotopic (exact) mass is 406 g/mol. The Morgan fingerprint density at radius 2 is 1.69 bits per heavy atom. The summed E-state index contributed by atoms with van der Waals surface area (Å²) in [7, 11) is 0. The van der Waals surface area contributed by atoms with Gasteiger partial charge in [0, 0.05) is 50.9 Å². The van der Waals surface area contributed by atoms with E-state index in [0.29, 0.717) is 5.75 Å². The van der Waals surface area contributed by atoms with Gasteiger partial charge in [-0.25, -0.2) is 0 Å². The van der Waals surface area contributed by atoms with Crippen LogP contribution in [0.5, 0.6) is 5.75 Å². The van der Waals surface area contributed by atoms with E-state index >= 15 is 0 Å². The maximum absolute atomic E-state index is 12.2. The number of anilines is 1. The highest BCUT2D eigenvalue weighted by molar-refractivity contribution is 5.78. The second-order valence-corrected chi connectivity index (χ2v) is 7.36. The van der Waals surface area contributed by atoms with Crippen LogP contribution >= 0.6 is 0 Å². The second-order valence-electron chi connectivity index (χ2n) is 7.36. The molecule has 3 rings (SSSR count). The van der Waals surface area contributed by atoms with Crippen molar-refractivity contribution in [2.75, 3.05) is 37.6 Å². The van der Waals surface area contributed by atoms with Gasteiger partial charge in [-0.2, -0.15) is 0 Å². The van der Waals surface area contributed by atoms with Gasteiger partial charge in [0.2, 0.25) is 0 Å². The van der Waals surface area contributed by atoms with Gasteiger partial charge >= 0.3 is 5.97 Å². The molecule has 1 aromatic carbocycles. The van der Waals surface area contributed by atoms with Crippen molar-refractivity contribution in [3.63, 3.8) is 0 Å². The first-order chi connectivity index (χ1) is 14.1. The molecule has 0 spiro atoms. The van der Waals surface area contributed by atoms with Crippen molar-refractivity contribution >= 4 is 11.7 Å². The van der Waals surface area contributed by atoms with Gasteiger partial charge in [-0.15, -0.1) is 0 Å². The normalized spacial score (nSPS) is 20.8. The summed E-state index contributed by atoms with van der Waals surface area (Å²) in [6, 6.07) is 7.46. The van der Waals surface area contributed by atoms with Crippen LogP contribution in [0.4, 0.5) is 5.69 Å². The third kappa shape index (κ3) is 6.63. The van der Waals surface area contributed by atoms with Gasteiger partial charge < -0.3 is 14.7 Å². The molecule has 0 aliphatic carbocycles. The Morgan fingerprint density at radius 1 is 1.07 bits per heavy atom. The largest absolute Gasteiger partial charge is 0.508 e. The Kier molecular flexibility index (Phi) is 11.1. The van der Waals surface area contributed by atoms with Gasteiger partial charge in [-0.1, -0.05) is 47.6 Å². The Balaban J connectivity index is 0.000000989. The molecule has 1 atom stereocenters. The number of nitrogens with zero attached hydrogens (tertiary/aromatic N) is 2. The van der Waals surface area contributed by atoms with Crippen molar-refractivity contribution in [1.29, 1.82) is 0 Å². The van der Waals surface area contributed by atoms with Gasteiger partial charge in [0.05, 0.1) is 5.41 Å². The number of carbonyl (C=O) groups is 1. The predicted octanol–water partition coefficient (Wildman–Crippen LogP) is 5.08. The number of hydrogen-bond donors (Lipinski definition) is 1. The maximum Gasteiger partial charge on any atom is 0.312 e. The van der Waals surface area contributed by atoms with E-state index in [9.17, 15) is 9.90 Å². The fourth-order valence-electron chi connectivity index (χ4n) is 4.07. The van der Waals surface area contributed by atoms with Crippen LogP contribution in [0.2, 0.25) is 0 Å². The molecule has 5 heteroatoms. The summed E-state index contributed by atoms with van der Waals surface area (Å²) in [5, 5.41) is 9.63. The number of ether oxygens (including phenoxy) is 1. The molecule has 1 N–H and O–H groups in total. The number of carbonyl (C=O) groups excluding carboxylic acids is 1. The second kappa shape index (κ2) is 12.7. The molecule has 2 heterocycles. The van der Waals surface area contributed by atoms with Crippen LogP contribution in [-0.2, 0) is 9.53 Å². The van der Waals surface area contributed by atoms with Crippen LogP contribution in [-0.4, -0.2) is 54.8 Å². The fraction of sp³-hybridized carbons (Fsp3) is 0.708. The molecule has 0 bridgehead atoms. The minimum Gasteiger partial charge on any atom is -0.508 e. The lowest BCUT2D eigenvalue weighted by Crippen LogP contribution is -2.47. The van der Waals surface area contributed by atoms with Gasteiger partial charge in [0.25, 0.3) is 0 Å². The van der Waals surface area contributed by atoms with Crippen molar-refractivity contribution in [1.82, 2.24) is 4.90 Å². The van der Waals surface area contributed by atoms with Crippen LogP contribution in [0, 0.1) is 5.41 Å². The molecule has 5 nitrogen and oxygen atoms in total. The molecule has 1 aromatic rings. The smallest absolute Gasteiger partial charge is 0.312 e. The highest BCUT2D eigenvalue weighted by Crippen LogP contribution is 2.41. The van der Waals surface area contributed by atoms with E-state index in [2.05, 4.69) is 23.6 Å². The molecular formula is C24H42N2O3. The summed E-state index contributed by atoms with van der Waals surface area (Å²) in [5.41, 5.74) is 0.846. The Bertz CT molecular complexity index is 594. The Labute approximate surface area is 178 Å². The first-order valence-corrected chi connectivity index (χ1v) is 11.5. The van der Waals surface area contributed by atoms with E-state index in [1.807, 2.05) is 45.9 Å². The molecular weight excluding hydrogens is 364 g/mol. The predicted molar refractivity (Wildman–Crippen MR) is 122 cm³/mol. The molecule has 2 fully saturated rings. The number of piperazine rings is 1. The lowest BCUT2D eigenvalue weighted by Gasteiger charge is -2.36.